The van der Waals surface area contributed by atoms with E-state index in [1.165, 1.54) is 10.5 Å². The maximum atomic E-state index is 3.55. The van der Waals surface area contributed by atoms with Gasteiger partial charge in [-0.2, -0.15) is 0 Å². The lowest BCUT2D eigenvalue weighted by atomic mass is 10.2. The van der Waals surface area contributed by atoms with E-state index in [1.807, 2.05) is 11.8 Å². The molecule has 0 bridgehead atoms. The van der Waals surface area contributed by atoms with Crippen molar-refractivity contribution in [3.05, 3.63) is 29.8 Å². The molecule has 1 fully saturated rings. The molecule has 1 unspecified atom stereocenters. The molecule has 1 aliphatic heterocycles. The van der Waals surface area contributed by atoms with Crippen LogP contribution in [0.25, 0.3) is 0 Å². The van der Waals surface area contributed by atoms with E-state index >= 15 is 0 Å². The minimum atomic E-state index is 0.534. The highest BCUT2D eigenvalue weighted by Crippen LogP contribution is 2.23. The average Bonchev–Trinajstić information content (AvgIpc) is 2.30. The van der Waals surface area contributed by atoms with E-state index in [0.29, 0.717) is 5.37 Å². The van der Waals surface area contributed by atoms with Gasteiger partial charge in [0.1, 0.15) is 0 Å². The van der Waals surface area contributed by atoms with Crippen LogP contribution in [-0.2, 0) is 6.42 Å². The van der Waals surface area contributed by atoms with Crippen LogP contribution in [0.3, 0.4) is 0 Å². The zero-order chi connectivity index (χ0) is 11.4. The zero-order valence-corrected chi connectivity index (χ0v) is 10.9. The Hall–Kier alpha value is -0.510. The van der Waals surface area contributed by atoms with E-state index in [4.69, 9.17) is 0 Å². The first kappa shape index (κ1) is 12.0. The van der Waals surface area contributed by atoms with Crippen LogP contribution in [0.2, 0.25) is 0 Å². The normalized spacial score (nSPS) is 22.2. The number of benzene rings is 1. The Morgan fingerprint density at radius 2 is 2.12 bits per heavy atom. The van der Waals surface area contributed by atoms with Crippen molar-refractivity contribution in [2.75, 3.05) is 26.7 Å². The number of thioether (sulfide) groups is 1. The van der Waals surface area contributed by atoms with Crippen LogP contribution in [-0.4, -0.2) is 37.0 Å². The van der Waals surface area contributed by atoms with E-state index in [1.54, 1.807) is 0 Å². The van der Waals surface area contributed by atoms with E-state index < -0.39 is 0 Å². The van der Waals surface area contributed by atoms with Gasteiger partial charge in [0.15, 0.2) is 0 Å². The van der Waals surface area contributed by atoms with E-state index in [9.17, 15) is 0 Å². The van der Waals surface area contributed by atoms with Gasteiger partial charge in [-0.1, -0.05) is 19.1 Å². The molecular weight excluding hydrogens is 216 g/mol. The summed E-state index contributed by atoms with van der Waals surface area (Å²) in [6.07, 6.45) is 1.12. The second kappa shape index (κ2) is 5.71. The van der Waals surface area contributed by atoms with Crippen molar-refractivity contribution in [3.8, 4) is 0 Å². The number of nitrogens with zero attached hydrogens (tertiary/aromatic N) is 1. The van der Waals surface area contributed by atoms with Crippen molar-refractivity contribution >= 4 is 11.8 Å². The van der Waals surface area contributed by atoms with Crippen LogP contribution in [0.15, 0.2) is 29.2 Å². The first-order valence-electron chi connectivity index (χ1n) is 5.95. The molecule has 0 saturated carbocycles. The summed E-state index contributed by atoms with van der Waals surface area (Å²) >= 11 is 1.93. The number of nitrogens with one attached hydrogen (secondary N) is 1. The Kier molecular flexibility index (Phi) is 4.27. The highest BCUT2D eigenvalue weighted by atomic mass is 32.2. The van der Waals surface area contributed by atoms with Crippen LogP contribution in [0, 0.1) is 0 Å². The summed E-state index contributed by atoms with van der Waals surface area (Å²) in [4.78, 5) is 3.75. The number of aryl methyl sites for hydroxylation is 1. The summed E-state index contributed by atoms with van der Waals surface area (Å²) in [6.45, 7) is 5.58. The second-order valence-corrected chi connectivity index (χ2v) is 5.60. The van der Waals surface area contributed by atoms with Gasteiger partial charge in [0.25, 0.3) is 0 Å². The highest BCUT2D eigenvalue weighted by Gasteiger charge is 2.16. The third kappa shape index (κ3) is 3.24. The van der Waals surface area contributed by atoms with Gasteiger partial charge in [0, 0.05) is 24.5 Å². The molecule has 2 rings (SSSR count). The molecule has 1 aromatic rings. The largest absolute Gasteiger partial charge is 0.303 e. The molecule has 1 saturated heterocycles. The molecule has 0 aromatic heterocycles. The first-order chi connectivity index (χ1) is 7.78. The van der Waals surface area contributed by atoms with Crippen LogP contribution in [0.5, 0.6) is 0 Å². The van der Waals surface area contributed by atoms with Gasteiger partial charge >= 0.3 is 0 Å². The zero-order valence-electron chi connectivity index (χ0n) is 10.1. The summed E-state index contributed by atoms with van der Waals surface area (Å²) in [7, 11) is 2.19. The molecule has 16 heavy (non-hydrogen) atoms. The van der Waals surface area contributed by atoms with Crippen molar-refractivity contribution in [2.24, 2.45) is 0 Å². The van der Waals surface area contributed by atoms with Crippen molar-refractivity contribution in [3.63, 3.8) is 0 Å². The third-order valence-corrected chi connectivity index (χ3v) is 4.10. The number of likely N-dealkylation sites (N-methyl/N-ethyl adjacent to an activating group) is 1. The molecule has 1 aliphatic rings. The molecule has 1 N–H and O–H groups in total. The average molecular weight is 236 g/mol. The summed E-state index contributed by atoms with van der Waals surface area (Å²) in [5.74, 6) is 0. The lowest BCUT2D eigenvalue weighted by Gasteiger charge is -2.30. The maximum Gasteiger partial charge on any atom is 0.0708 e. The predicted molar refractivity (Wildman–Crippen MR) is 71.0 cm³/mol. The molecule has 1 atom stereocenters. The fourth-order valence-electron chi connectivity index (χ4n) is 1.90. The summed E-state index contributed by atoms with van der Waals surface area (Å²) in [5, 5.41) is 4.08. The maximum absolute atomic E-state index is 3.55. The number of piperazine rings is 1. The Labute approximate surface area is 102 Å². The topological polar surface area (TPSA) is 15.3 Å². The first-order valence-corrected chi connectivity index (χ1v) is 6.83. The van der Waals surface area contributed by atoms with Crippen LogP contribution in [0.4, 0.5) is 0 Å². The molecule has 0 spiro atoms. The molecule has 3 heteroatoms. The van der Waals surface area contributed by atoms with E-state index in [2.05, 4.69) is 48.5 Å². The van der Waals surface area contributed by atoms with Crippen molar-refractivity contribution < 1.29 is 0 Å². The van der Waals surface area contributed by atoms with Crippen LogP contribution in [0.1, 0.15) is 12.5 Å². The lowest BCUT2D eigenvalue weighted by Crippen LogP contribution is -2.47. The van der Waals surface area contributed by atoms with Gasteiger partial charge in [-0.3, -0.25) is 0 Å². The van der Waals surface area contributed by atoms with Crippen molar-refractivity contribution in [1.29, 1.82) is 0 Å². The van der Waals surface area contributed by atoms with Crippen LogP contribution >= 0.6 is 11.8 Å². The van der Waals surface area contributed by atoms with Gasteiger partial charge < -0.3 is 10.2 Å². The molecular formula is C13H20N2S. The molecule has 88 valence electrons. The van der Waals surface area contributed by atoms with E-state index in [0.717, 1.165) is 26.1 Å². The molecule has 1 aromatic carbocycles. The van der Waals surface area contributed by atoms with Gasteiger partial charge in [-0.15, -0.1) is 11.8 Å². The standard InChI is InChI=1S/C13H20N2S/c1-3-11-4-6-12(7-5-11)16-13-10-15(2)9-8-14-13/h4-7,13-14H,3,8-10H2,1-2H3. The quantitative estimate of drug-likeness (QED) is 0.866. The SMILES string of the molecule is CCc1ccc(SC2CN(C)CCN2)cc1. The predicted octanol–water partition coefficient (Wildman–Crippen LogP) is 2.20. The Morgan fingerprint density at radius 1 is 1.38 bits per heavy atom. The second-order valence-electron chi connectivity index (χ2n) is 4.32. The number of rotatable bonds is 3. The molecule has 0 aliphatic carbocycles. The molecule has 0 radical (unpaired) electrons. The Bertz CT molecular complexity index is 323. The Morgan fingerprint density at radius 3 is 2.75 bits per heavy atom. The highest BCUT2D eigenvalue weighted by molar-refractivity contribution is 8.00. The van der Waals surface area contributed by atoms with Crippen LogP contribution < -0.4 is 5.32 Å². The van der Waals surface area contributed by atoms with Gasteiger partial charge in [0.2, 0.25) is 0 Å². The Balaban J connectivity index is 1.92. The fraction of sp³-hybridized carbons (Fsp3) is 0.538. The fourth-order valence-corrected chi connectivity index (χ4v) is 3.05. The van der Waals surface area contributed by atoms with Crippen molar-refractivity contribution in [2.45, 2.75) is 23.6 Å². The molecule has 2 nitrogen and oxygen atoms in total. The number of hydrogen-bond acceptors (Lipinski definition) is 3. The summed E-state index contributed by atoms with van der Waals surface area (Å²) in [6, 6.07) is 8.93. The minimum Gasteiger partial charge on any atom is -0.303 e. The molecule has 1 heterocycles. The molecule has 0 amide bonds. The summed E-state index contributed by atoms with van der Waals surface area (Å²) in [5.41, 5.74) is 1.41. The van der Waals surface area contributed by atoms with E-state index in [-0.39, 0.29) is 0 Å². The van der Waals surface area contributed by atoms with Crippen molar-refractivity contribution in [1.82, 2.24) is 10.2 Å². The van der Waals surface area contributed by atoms with Gasteiger partial charge in [-0.25, -0.2) is 0 Å². The number of hydrogen-bond donors (Lipinski definition) is 1. The smallest absolute Gasteiger partial charge is 0.0708 e. The summed E-state index contributed by atoms with van der Waals surface area (Å²) < 4.78 is 0. The third-order valence-electron chi connectivity index (χ3n) is 2.95. The monoisotopic (exact) mass is 236 g/mol. The van der Waals surface area contributed by atoms with Gasteiger partial charge in [-0.05, 0) is 31.2 Å². The van der Waals surface area contributed by atoms with Gasteiger partial charge in [0.05, 0.1) is 5.37 Å². The minimum absolute atomic E-state index is 0.534. The lowest BCUT2D eigenvalue weighted by molar-refractivity contribution is 0.278.